The highest BCUT2D eigenvalue weighted by atomic mass is 16.7. The van der Waals surface area contributed by atoms with E-state index in [2.05, 4.69) is 0 Å². The second kappa shape index (κ2) is 5.23. The van der Waals surface area contributed by atoms with Gasteiger partial charge in [-0.3, -0.25) is 4.79 Å². The fraction of sp³-hybridized carbons (Fsp3) is 0.533. The summed E-state index contributed by atoms with van der Waals surface area (Å²) in [6, 6.07) is 5.32. The molecule has 0 amide bonds. The van der Waals surface area contributed by atoms with Crippen LogP contribution in [-0.2, 0) is 4.79 Å². The summed E-state index contributed by atoms with van der Waals surface area (Å²) in [7, 11) is 0. The normalized spacial score (nSPS) is 19.6. The van der Waals surface area contributed by atoms with Gasteiger partial charge in [0, 0.05) is 6.07 Å². The van der Waals surface area contributed by atoms with Crippen LogP contribution in [0.4, 0.5) is 0 Å². The van der Waals surface area contributed by atoms with E-state index in [1.165, 1.54) is 0 Å². The molecule has 0 saturated heterocycles. The number of rotatable bonds is 4. The summed E-state index contributed by atoms with van der Waals surface area (Å²) in [5.41, 5.74) is -0.741. The van der Waals surface area contributed by atoms with Crippen molar-refractivity contribution in [3.8, 4) is 17.2 Å². The Kier molecular flexibility index (Phi) is 3.42. The van der Waals surface area contributed by atoms with Crippen LogP contribution < -0.4 is 14.2 Å². The number of fused-ring (bicyclic) bond motifs is 1. The molecular formula is C15H18O5. The van der Waals surface area contributed by atoms with Gasteiger partial charge in [-0.15, -0.1) is 0 Å². The van der Waals surface area contributed by atoms with Crippen LogP contribution in [0.25, 0.3) is 0 Å². The Morgan fingerprint density at radius 2 is 1.95 bits per heavy atom. The number of hydrogen-bond acceptors (Lipinski definition) is 4. The van der Waals surface area contributed by atoms with Gasteiger partial charge in [0.05, 0.1) is 0 Å². The van der Waals surface area contributed by atoms with Crippen molar-refractivity contribution < 1.29 is 24.1 Å². The van der Waals surface area contributed by atoms with Gasteiger partial charge in [-0.2, -0.15) is 0 Å². The molecule has 0 atom stereocenters. The number of carbonyl (C=O) groups is 1. The fourth-order valence-electron chi connectivity index (χ4n) is 2.84. The van der Waals surface area contributed by atoms with E-state index in [0.717, 1.165) is 19.3 Å². The second-order valence-electron chi connectivity index (χ2n) is 5.45. The van der Waals surface area contributed by atoms with Crippen molar-refractivity contribution in [1.29, 1.82) is 0 Å². The standard InChI is InChI=1S/C15H18O5/c16-14(17)15(6-2-1-3-7-15)9-18-11-4-5-12-13(8-11)20-10-19-12/h4-5,8H,1-3,6-7,9-10H2,(H,16,17). The average Bonchev–Trinajstić information content (AvgIpc) is 2.93. The summed E-state index contributed by atoms with van der Waals surface area (Å²) < 4.78 is 16.2. The highest BCUT2D eigenvalue weighted by molar-refractivity contribution is 5.75. The number of ether oxygens (including phenoxy) is 3. The van der Waals surface area contributed by atoms with Crippen molar-refractivity contribution >= 4 is 5.97 Å². The van der Waals surface area contributed by atoms with Crippen LogP contribution in [-0.4, -0.2) is 24.5 Å². The van der Waals surface area contributed by atoms with Gasteiger partial charge in [-0.05, 0) is 25.0 Å². The topological polar surface area (TPSA) is 65.0 Å². The zero-order valence-corrected chi connectivity index (χ0v) is 11.3. The quantitative estimate of drug-likeness (QED) is 0.917. The lowest BCUT2D eigenvalue weighted by Crippen LogP contribution is -2.38. The molecule has 3 rings (SSSR count). The highest BCUT2D eigenvalue weighted by Gasteiger charge is 2.40. The molecule has 0 aromatic heterocycles. The molecule has 1 fully saturated rings. The SMILES string of the molecule is O=C(O)C1(COc2ccc3c(c2)OCO3)CCCCC1. The van der Waals surface area contributed by atoms with Crippen LogP contribution in [0.3, 0.4) is 0 Å². The zero-order chi connectivity index (χ0) is 14.0. The van der Waals surface area contributed by atoms with Gasteiger partial charge in [-0.1, -0.05) is 19.3 Å². The molecule has 0 spiro atoms. The van der Waals surface area contributed by atoms with E-state index >= 15 is 0 Å². The Hall–Kier alpha value is -1.91. The van der Waals surface area contributed by atoms with E-state index in [1.54, 1.807) is 18.2 Å². The molecule has 20 heavy (non-hydrogen) atoms. The fourth-order valence-corrected chi connectivity index (χ4v) is 2.84. The first kappa shape index (κ1) is 13.1. The summed E-state index contributed by atoms with van der Waals surface area (Å²) in [4.78, 5) is 11.6. The predicted molar refractivity (Wildman–Crippen MR) is 71.2 cm³/mol. The first-order chi connectivity index (χ1) is 9.70. The summed E-state index contributed by atoms with van der Waals surface area (Å²) in [6.07, 6.45) is 4.40. The molecule has 5 heteroatoms. The molecule has 1 aliphatic heterocycles. The summed E-state index contributed by atoms with van der Waals surface area (Å²) in [5.74, 6) is 1.22. The second-order valence-corrected chi connectivity index (χ2v) is 5.45. The minimum Gasteiger partial charge on any atom is -0.492 e. The van der Waals surface area contributed by atoms with Gasteiger partial charge in [0.25, 0.3) is 0 Å². The molecule has 0 radical (unpaired) electrons. The maximum Gasteiger partial charge on any atom is 0.313 e. The van der Waals surface area contributed by atoms with Crippen molar-refractivity contribution in [2.24, 2.45) is 5.41 Å². The van der Waals surface area contributed by atoms with Gasteiger partial charge >= 0.3 is 5.97 Å². The smallest absolute Gasteiger partial charge is 0.313 e. The summed E-state index contributed by atoms with van der Waals surface area (Å²) in [5, 5.41) is 9.50. The molecule has 0 bridgehead atoms. The van der Waals surface area contributed by atoms with Crippen LogP contribution in [0, 0.1) is 5.41 Å². The Morgan fingerprint density at radius 3 is 2.70 bits per heavy atom. The molecule has 5 nitrogen and oxygen atoms in total. The van der Waals surface area contributed by atoms with Crippen molar-refractivity contribution in [2.75, 3.05) is 13.4 Å². The van der Waals surface area contributed by atoms with Crippen LogP contribution in [0.5, 0.6) is 17.2 Å². The van der Waals surface area contributed by atoms with E-state index in [1.807, 2.05) is 0 Å². The summed E-state index contributed by atoms with van der Waals surface area (Å²) in [6.45, 7) is 0.430. The third kappa shape index (κ3) is 2.40. The largest absolute Gasteiger partial charge is 0.492 e. The average molecular weight is 278 g/mol. The van der Waals surface area contributed by atoms with Crippen molar-refractivity contribution in [2.45, 2.75) is 32.1 Å². The van der Waals surface area contributed by atoms with Gasteiger partial charge in [0.1, 0.15) is 17.8 Å². The van der Waals surface area contributed by atoms with E-state index in [4.69, 9.17) is 14.2 Å². The van der Waals surface area contributed by atoms with E-state index in [0.29, 0.717) is 30.1 Å². The molecule has 1 heterocycles. The van der Waals surface area contributed by atoms with Crippen LogP contribution >= 0.6 is 0 Å². The van der Waals surface area contributed by atoms with Crippen molar-refractivity contribution in [3.05, 3.63) is 18.2 Å². The van der Waals surface area contributed by atoms with Gasteiger partial charge < -0.3 is 19.3 Å². The lowest BCUT2D eigenvalue weighted by Gasteiger charge is -2.32. The number of carboxylic acids is 1. The Morgan fingerprint density at radius 1 is 1.20 bits per heavy atom. The van der Waals surface area contributed by atoms with Gasteiger partial charge in [0.2, 0.25) is 6.79 Å². The van der Waals surface area contributed by atoms with E-state index < -0.39 is 11.4 Å². The third-order valence-electron chi connectivity index (χ3n) is 4.12. The monoisotopic (exact) mass is 278 g/mol. The maximum atomic E-state index is 11.6. The number of benzene rings is 1. The number of aliphatic carboxylic acids is 1. The maximum absolute atomic E-state index is 11.6. The third-order valence-corrected chi connectivity index (χ3v) is 4.12. The number of carboxylic acid groups (broad SMARTS) is 1. The Labute approximate surface area is 117 Å². The van der Waals surface area contributed by atoms with Crippen molar-refractivity contribution in [3.63, 3.8) is 0 Å². The first-order valence-electron chi connectivity index (χ1n) is 6.95. The summed E-state index contributed by atoms with van der Waals surface area (Å²) >= 11 is 0. The predicted octanol–water partition coefficient (Wildman–Crippen LogP) is 2.83. The van der Waals surface area contributed by atoms with Gasteiger partial charge in [-0.25, -0.2) is 0 Å². The minimum atomic E-state index is -0.752. The zero-order valence-electron chi connectivity index (χ0n) is 11.3. The Bertz CT molecular complexity index is 505. The molecule has 1 saturated carbocycles. The minimum absolute atomic E-state index is 0.210. The molecule has 1 aromatic carbocycles. The molecule has 108 valence electrons. The van der Waals surface area contributed by atoms with Gasteiger partial charge in [0.15, 0.2) is 11.5 Å². The molecule has 2 aliphatic rings. The highest BCUT2D eigenvalue weighted by Crippen LogP contribution is 2.39. The molecule has 1 aliphatic carbocycles. The molecule has 1 N–H and O–H groups in total. The lowest BCUT2D eigenvalue weighted by atomic mass is 9.75. The van der Waals surface area contributed by atoms with Crippen LogP contribution in [0.2, 0.25) is 0 Å². The van der Waals surface area contributed by atoms with Crippen LogP contribution in [0.15, 0.2) is 18.2 Å². The van der Waals surface area contributed by atoms with E-state index in [-0.39, 0.29) is 13.4 Å². The van der Waals surface area contributed by atoms with Crippen LogP contribution in [0.1, 0.15) is 32.1 Å². The lowest BCUT2D eigenvalue weighted by molar-refractivity contribution is -0.153. The van der Waals surface area contributed by atoms with Crippen molar-refractivity contribution in [1.82, 2.24) is 0 Å². The Balaban J connectivity index is 1.69. The number of hydrogen-bond donors (Lipinski definition) is 1. The van der Waals surface area contributed by atoms with E-state index in [9.17, 15) is 9.90 Å². The molecular weight excluding hydrogens is 260 g/mol. The first-order valence-corrected chi connectivity index (χ1v) is 6.95. The molecule has 0 unspecified atom stereocenters. The molecule has 1 aromatic rings.